The highest BCUT2D eigenvalue weighted by atomic mass is 15.3. The van der Waals surface area contributed by atoms with Gasteiger partial charge in [-0.15, -0.1) is 0 Å². The number of nitrogens with two attached hydrogens (primary N) is 1. The summed E-state index contributed by atoms with van der Waals surface area (Å²) in [6.45, 7) is 11.2. The molecule has 1 aliphatic rings. The van der Waals surface area contributed by atoms with Gasteiger partial charge in [0.1, 0.15) is 0 Å². The molecule has 0 radical (unpaired) electrons. The summed E-state index contributed by atoms with van der Waals surface area (Å²) in [4.78, 5) is 2.55. The molecule has 3 N–H and O–H groups in total. The Morgan fingerprint density at radius 3 is 2.37 bits per heavy atom. The fraction of sp³-hybridized carbons (Fsp3) is 0.625. The molecule has 2 rings (SSSR count). The van der Waals surface area contributed by atoms with Crippen LogP contribution in [0.1, 0.15) is 49.4 Å². The number of benzene rings is 1. The highest BCUT2D eigenvalue weighted by Gasteiger charge is 2.37. The minimum atomic E-state index is 0.0330. The molecule has 19 heavy (non-hydrogen) atoms. The maximum Gasteiger partial charge on any atom is 0.0641 e. The summed E-state index contributed by atoms with van der Waals surface area (Å²) in [7, 11) is 0. The Morgan fingerprint density at radius 2 is 1.84 bits per heavy atom. The molecule has 1 aliphatic heterocycles. The molecule has 1 unspecified atom stereocenters. The van der Waals surface area contributed by atoms with Gasteiger partial charge in [0.25, 0.3) is 0 Å². The van der Waals surface area contributed by atoms with Crippen molar-refractivity contribution in [2.24, 2.45) is 5.84 Å². The number of aryl methyl sites for hydroxylation is 2. The van der Waals surface area contributed by atoms with Crippen molar-refractivity contribution >= 4 is 0 Å². The van der Waals surface area contributed by atoms with E-state index >= 15 is 0 Å². The van der Waals surface area contributed by atoms with Crippen LogP contribution in [0.3, 0.4) is 0 Å². The molecule has 3 heteroatoms. The Kier molecular flexibility index (Phi) is 4.29. The molecular weight excluding hydrogens is 234 g/mol. The van der Waals surface area contributed by atoms with Crippen molar-refractivity contribution in [3.05, 3.63) is 34.9 Å². The molecular formula is C16H27N3. The summed E-state index contributed by atoms with van der Waals surface area (Å²) in [5.41, 5.74) is 7.01. The Balaban J connectivity index is 2.32. The molecule has 0 amide bonds. The van der Waals surface area contributed by atoms with E-state index in [4.69, 9.17) is 5.84 Å². The quantitative estimate of drug-likeness (QED) is 0.647. The second-order valence-corrected chi connectivity index (χ2v) is 6.31. The maximum atomic E-state index is 5.89. The number of likely N-dealkylation sites (tertiary alicyclic amines) is 1. The van der Waals surface area contributed by atoms with Crippen LogP contribution < -0.4 is 11.3 Å². The van der Waals surface area contributed by atoms with Crippen molar-refractivity contribution in [2.45, 2.75) is 52.1 Å². The van der Waals surface area contributed by atoms with E-state index in [1.165, 1.54) is 42.6 Å². The van der Waals surface area contributed by atoms with Gasteiger partial charge in [0, 0.05) is 5.54 Å². The van der Waals surface area contributed by atoms with E-state index in [0.717, 1.165) is 0 Å². The van der Waals surface area contributed by atoms with Gasteiger partial charge >= 0.3 is 0 Å². The predicted molar refractivity (Wildman–Crippen MR) is 80.9 cm³/mol. The molecule has 0 spiro atoms. The van der Waals surface area contributed by atoms with E-state index in [2.05, 4.69) is 56.2 Å². The second-order valence-electron chi connectivity index (χ2n) is 6.31. The normalized spacial score (nSPS) is 18.8. The van der Waals surface area contributed by atoms with Crippen LogP contribution in [0.2, 0.25) is 0 Å². The van der Waals surface area contributed by atoms with Crippen molar-refractivity contribution in [3.8, 4) is 0 Å². The van der Waals surface area contributed by atoms with Crippen LogP contribution in [0.25, 0.3) is 0 Å². The zero-order valence-corrected chi connectivity index (χ0v) is 12.7. The molecule has 1 heterocycles. The summed E-state index contributed by atoms with van der Waals surface area (Å²) in [5.74, 6) is 5.89. The number of hydrogen-bond donors (Lipinski definition) is 2. The molecule has 1 aromatic rings. The lowest BCUT2D eigenvalue weighted by atomic mass is 9.85. The third-order valence-electron chi connectivity index (χ3n) is 4.53. The molecule has 0 bridgehead atoms. The second kappa shape index (κ2) is 5.61. The third kappa shape index (κ3) is 2.83. The predicted octanol–water partition coefficient (Wildman–Crippen LogP) is 2.68. The first-order valence-electron chi connectivity index (χ1n) is 7.25. The standard InChI is InChI=1S/C16H27N3/c1-12-7-8-14(13(2)11-12)15(18-17)16(3,4)19-9-5-6-10-19/h7-8,11,15,18H,5-6,9-10,17H2,1-4H3. The first-order valence-corrected chi connectivity index (χ1v) is 7.25. The Morgan fingerprint density at radius 1 is 1.21 bits per heavy atom. The molecule has 0 aliphatic carbocycles. The van der Waals surface area contributed by atoms with Gasteiger partial charge in [-0.1, -0.05) is 23.8 Å². The van der Waals surface area contributed by atoms with Gasteiger partial charge < -0.3 is 0 Å². The van der Waals surface area contributed by atoms with Gasteiger partial charge in [0.2, 0.25) is 0 Å². The fourth-order valence-electron chi connectivity index (χ4n) is 3.30. The first kappa shape index (κ1) is 14.5. The molecule has 1 saturated heterocycles. The molecule has 0 saturated carbocycles. The molecule has 3 nitrogen and oxygen atoms in total. The number of rotatable bonds is 4. The largest absolute Gasteiger partial charge is 0.296 e. The van der Waals surface area contributed by atoms with Gasteiger partial charge in [-0.3, -0.25) is 16.2 Å². The van der Waals surface area contributed by atoms with Crippen LogP contribution in [0.4, 0.5) is 0 Å². The zero-order valence-electron chi connectivity index (χ0n) is 12.7. The minimum absolute atomic E-state index is 0.0330. The van der Waals surface area contributed by atoms with E-state index < -0.39 is 0 Å². The summed E-state index contributed by atoms with van der Waals surface area (Å²) < 4.78 is 0. The van der Waals surface area contributed by atoms with Gasteiger partial charge in [0.05, 0.1) is 6.04 Å². The van der Waals surface area contributed by atoms with Crippen molar-refractivity contribution in [2.75, 3.05) is 13.1 Å². The van der Waals surface area contributed by atoms with Crippen LogP contribution in [0.15, 0.2) is 18.2 Å². The Bertz CT molecular complexity index is 434. The zero-order chi connectivity index (χ0) is 14.0. The minimum Gasteiger partial charge on any atom is -0.296 e. The van der Waals surface area contributed by atoms with Crippen molar-refractivity contribution < 1.29 is 0 Å². The number of nitrogens with zero attached hydrogens (tertiary/aromatic N) is 1. The lowest BCUT2D eigenvalue weighted by Gasteiger charge is -2.42. The average molecular weight is 261 g/mol. The highest BCUT2D eigenvalue weighted by molar-refractivity contribution is 5.34. The Hall–Kier alpha value is -0.900. The van der Waals surface area contributed by atoms with Crippen LogP contribution >= 0.6 is 0 Å². The lowest BCUT2D eigenvalue weighted by Crippen LogP contribution is -2.53. The topological polar surface area (TPSA) is 41.3 Å². The fourth-order valence-corrected chi connectivity index (χ4v) is 3.30. The highest BCUT2D eigenvalue weighted by Crippen LogP contribution is 2.34. The van der Waals surface area contributed by atoms with Crippen molar-refractivity contribution in [1.29, 1.82) is 0 Å². The average Bonchev–Trinajstić information content (AvgIpc) is 2.87. The van der Waals surface area contributed by atoms with Gasteiger partial charge in [-0.25, -0.2) is 0 Å². The molecule has 1 atom stereocenters. The summed E-state index contributed by atoms with van der Waals surface area (Å²) in [5, 5.41) is 0. The van der Waals surface area contributed by atoms with Gasteiger partial charge in [-0.05, 0) is 64.8 Å². The van der Waals surface area contributed by atoms with E-state index in [1.807, 2.05) is 0 Å². The van der Waals surface area contributed by atoms with Gasteiger partial charge in [-0.2, -0.15) is 0 Å². The van der Waals surface area contributed by atoms with E-state index in [1.54, 1.807) is 0 Å². The summed E-state index contributed by atoms with van der Waals surface area (Å²) in [6.07, 6.45) is 2.60. The third-order valence-corrected chi connectivity index (χ3v) is 4.53. The smallest absolute Gasteiger partial charge is 0.0641 e. The van der Waals surface area contributed by atoms with E-state index in [9.17, 15) is 0 Å². The van der Waals surface area contributed by atoms with Crippen LogP contribution in [-0.4, -0.2) is 23.5 Å². The SMILES string of the molecule is Cc1ccc(C(NN)C(C)(C)N2CCCC2)c(C)c1. The van der Waals surface area contributed by atoms with E-state index in [0.29, 0.717) is 0 Å². The molecule has 1 aromatic carbocycles. The number of hydrazine groups is 1. The van der Waals surface area contributed by atoms with Crippen LogP contribution in [0, 0.1) is 13.8 Å². The van der Waals surface area contributed by atoms with E-state index in [-0.39, 0.29) is 11.6 Å². The lowest BCUT2D eigenvalue weighted by molar-refractivity contribution is 0.106. The van der Waals surface area contributed by atoms with Crippen LogP contribution in [-0.2, 0) is 0 Å². The summed E-state index contributed by atoms with van der Waals surface area (Å²) in [6, 6.07) is 6.78. The van der Waals surface area contributed by atoms with Crippen molar-refractivity contribution in [1.82, 2.24) is 10.3 Å². The molecule has 0 aromatic heterocycles. The number of hydrogen-bond acceptors (Lipinski definition) is 3. The molecule has 1 fully saturated rings. The molecule has 106 valence electrons. The van der Waals surface area contributed by atoms with Crippen molar-refractivity contribution in [3.63, 3.8) is 0 Å². The van der Waals surface area contributed by atoms with Gasteiger partial charge in [0.15, 0.2) is 0 Å². The maximum absolute atomic E-state index is 5.89. The number of nitrogens with one attached hydrogen (secondary N) is 1. The van der Waals surface area contributed by atoms with Crippen LogP contribution in [0.5, 0.6) is 0 Å². The summed E-state index contributed by atoms with van der Waals surface area (Å²) >= 11 is 0. The Labute approximate surface area is 117 Å². The monoisotopic (exact) mass is 261 g/mol. The first-order chi connectivity index (χ1) is 8.96.